The van der Waals surface area contributed by atoms with E-state index in [0.29, 0.717) is 0 Å². The molecule has 0 aliphatic carbocycles. The Kier molecular flexibility index (Phi) is 3.89. The van der Waals surface area contributed by atoms with Gasteiger partial charge in [-0.1, -0.05) is 25.1 Å². The van der Waals surface area contributed by atoms with Gasteiger partial charge in [0.1, 0.15) is 6.26 Å². The van der Waals surface area contributed by atoms with Gasteiger partial charge in [-0.2, -0.15) is 0 Å². The molecule has 104 valence electrons. The van der Waals surface area contributed by atoms with Crippen molar-refractivity contribution in [2.75, 3.05) is 5.32 Å². The number of anilines is 1. The van der Waals surface area contributed by atoms with E-state index < -0.39 is 11.9 Å². The van der Waals surface area contributed by atoms with Crippen molar-refractivity contribution in [3.05, 3.63) is 53.0 Å². The fourth-order valence-corrected chi connectivity index (χ4v) is 1.94. The largest absolute Gasteiger partial charge is 0.478 e. The Morgan fingerprint density at radius 2 is 2.10 bits per heavy atom. The summed E-state index contributed by atoms with van der Waals surface area (Å²) in [5.41, 5.74) is 2.66. The lowest BCUT2D eigenvalue weighted by Crippen LogP contribution is -2.13. The van der Waals surface area contributed by atoms with E-state index in [4.69, 9.17) is 9.52 Å². The number of amides is 1. The molecule has 0 aliphatic rings. The minimum atomic E-state index is -1.13. The maximum atomic E-state index is 12.1. The summed E-state index contributed by atoms with van der Waals surface area (Å²) in [5, 5.41) is 11.6. The molecule has 0 radical (unpaired) electrons. The lowest BCUT2D eigenvalue weighted by Gasteiger charge is -2.11. The fourth-order valence-electron chi connectivity index (χ4n) is 1.94. The molecule has 0 fully saturated rings. The van der Waals surface area contributed by atoms with Crippen molar-refractivity contribution in [3.63, 3.8) is 0 Å². The van der Waals surface area contributed by atoms with E-state index >= 15 is 0 Å². The highest BCUT2D eigenvalue weighted by Gasteiger charge is 2.16. The number of rotatable bonds is 4. The van der Waals surface area contributed by atoms with Crippen molar-refractivity contribution in [2.45, 2.75) is 20.3 Å². The highest BCUT2D eigenvalue weighted by molar-refractivity contribution is 6.04. The summed E-state index contributed by atoms with van der Waals surface area (Å²) in [5.74, 6) is -1.60. The smallest absolute Gasteiger partial charge is 0.338 e. The molecule has 5 nitrogen and oxygen atoms in total. The van der Waals surface area contributed by atoms with Crippen molar-refractivity contribution in [2.24, 2.45) is 0 Å². The topological polar surface area (TPSA) is 79.5 Å². The predicted octanol–water partition coefficient (Wildman–Crippen LogP) is 3.10. The molecule has 1 amide bonds. The maximum Gasteiger partial charge on any atom is 0.338 e. The van der Waals surface area contributed by atoms with Crippen LogP contribution in [0.4, 0.5) is 5.69 Å². The Bertz CT molecular complexity index is 658. The van der Waals surface area contributed by atoms with Crippen LogP contribution in [0.5, 0.6) is 0 Å². The Hall–Kier alpha value is -2.56. The number of aryl methyl sites for hydroxylation is 2. The van der Waals surface area contributed by atoms with Gasteiger partial charge in [0.05, 0.1) is 5.56 Å². The number of para-hydroxylation sites is 1. The quantitative estimate of drug-likeness (QED) is 0.897. The Labute approximate surface area is 116 Å². The average molecular weight is 273 g/mol. The number of carboxylic acids is 1. The fraction of sp³-hybridized carbons (Fsp3) is 0.200. The first-order valence-electron chi connectivity index (χ1n) is 6.24. The van der Waals surface area contributed by atoms with E-state index in [1.807, 2.05) is 32.0 Å². The number of benzene rings is 1. The van der Waals surface area contributed by atoms with Crippen molar-refractivity contribution in [1.29, 1.82) is 0 Å². The van der Waals surface area contributed by atoms with Gasteiger partial charge in [0, 0.05) is 11.8 Å². The molecule has 1 aromatic carbocycles. The third-order valence-corrected chi connectivity index (χ3v) is 3.05. The second kappa shape index (κ2) is 5.61. The van der Waals surface area contributed by atoms with Crippen LogP contribution < -0.4 is 5.32 Å². The molecule has 0 aliphatic heterocycles. The van der Waals surface area contributed by atoms with Gasteiger partial charge in [0.15, 0.2) is 5.76 Å². The van der Waals surface area contributed by atoms with Gasteiger partial charge in [-0.3, -0.25) is 4.79 Å². The van der Waals surface area contributed by atoms with E-state index in [2.05, 4.69) is 5.32 Å². The minimum absolute atomic E-state index is 0.0206. The van der Waals surface area contributed by atoms with Crippen LogP contribution in [0, 0.1) is 6.92 Å². The van der Waals surface area contributed by atoms with Gasteiger partial charge in [-0.25, -0.2) is 4.79 Å². The monoisotopic (exact) mass is 273 g/mol. The van der Waals surface area contributed by atoms with Crippen LogP contribution in [0.1, 0.15) is 39.0 Å². The Morgan fingerprint density at radius 1 is 1.35 bits per heavy atom. The molecule has 1 aromatic heterocycles. The van der Waals surface area contributed by atoms with Gasteiger partial charge in [0.25, 0.3) is 5.91 Å². The first-order chi connectivity index (χ1) is 9.52. The summed E-state index contributed by atoms with van der Waals surface area (Å²) in [6, 6.07) is 6.98. The van der Waals surface area contributed by atoms with Crippen LogP contribution in [0.25, 0.3) is 0 Å². The number of nitrogens with one attached hydrogen (secondary N) is 1. The van der Waals surface area contributed by atoms with E-state index in [-0.39, 0.29) is 11.3 Å². The number of carboxylic acid groups (broad SMARTS) is 1. The molecule has 1 heterocycles. The maximum absolute atomic E-state index is 12.1. The molecule has 0 bridgehead atoms. The van der Waals surface area contributed by atoms with Crippen LogP contribution in [-0.4, -0.2) is 17.0 Å². The van der Waals surface area contributed by atoms with E-state index in [1.165, 1.54) is 6.07 Å². The summed E-state index contributed by atoms with van der Waals surface area (Å²) >= 11 is 0. The molecular weight excluding hydrogens is 258 g/mol. The summed E-state index contributed by atoms with van der Waals surface area (Å²) in [6.07, 6.45) is 1.84. The van der Waals surface area contributed by atoms with E-state index in [9.17, 15) is 9.59 Å². The van der Waals surface area contributed by atoms with Crippen molar-refractivity contribution >= 4 is 17.6 Å². The standard InChI is InChI=1S/C15H15NO4/c1-3-10-6-4-5-9(2)13(10)16-14(17)12-7-11(8-20-12)15(18)19/h4-8H,3H2,1-2H3,(H,16,17)(H,18,19). The third-order valence-electron chi connectivity index (χ3n) is 3.05. The average Bonchev–Trinajstić information content (AvgIpc) is 2.91. The number of hydrogen-bond acceptors (Lipinski definition) is 3. The lowest BCUT2D eigenvalue weighted by atomic mass is 10.1. The minimum Gasteiger partial charge on any atom is -0.478 e. The van der Waals surface area contributed by atoms with Crippen LogP contribution in [-0.2, 0) is 6.42 Å². The third kappa shape index (κ3) is 2.71. The molecule has 0 unspecified atom stereocenters. The number of hydrogen-bond donors (Lipinski definition) is 2. The van der Waals surface area contributed by atoms with Gasteiger partial charge in [-0.15, -0.1) is 0 Å². The van der Waals surface area contributed by atoms with Crippen LogP contribution >= 0.6 is 0 Å². The van der Waals surface area contributed by atoms with Crippen LogP contribution in [0.3, 0.4) is 0 Å². The zero-order valence-corrected chi connectivity index (χ0v) is 11.3. The first kappa shape index (κ1) is 13.9. The Morgan fingerprint density at radius 3 is 2.70 bits per heavy atom. The van der Waals surface area contributed by atoms with Gasteiger partial charge >= 0.3 is 5.97 Å². The molecule has 0 spiro atoms. The molecule has 2 N–H and O–H groups in total. The molecule has 2 rings (SSSR count). The molecule has 0 atom stereocenters. The second-order valence-corrected chi connectivity index (χ2v) is 4.42. The molecular formula is C15H15NO4. The molecule has 5 heteroatoms. The highest BCUT2D eigenvalue weighted by Crippen LogP contribution is 2.22. The second-order valence-electron chi connectivity index (χ2n) is 4.42. The van der Waals surface area contributed by atoms with Crippen molar-refractivity contribution in [1.82, 2.24) is 0 Å². The van der Waals surface area contributed by atoms with Crippen LogP contribution in [0.2, 0.25) is 0 Å². The normalized spacial score (nSPS) is 10.3. The number of aromatic carboxylic acids is 1. The van der Waals surface area contributed by atoms with Gasteiger partial charge < -0.3 is 14.8 Å². The Balaban J connectivity index is 2.25. The zero-order valence-electron chi connectivity index (χ0n) is 11.3. The molecule has 2 aromatic rings. The zero-order chi connectivity index (χ0) is 14.7. The summed E-state index contributed by atoms with van der Waals surface area (Å²) in [7, 11) is 0. The van der Waals surface area contributed by atoms with Gasteiger partial charge in [-0.05, 0) is 24.5 Å². The van der Waals surface area contributed by atoms with Crippen molar-refractivity contribution in [3.8, 4) is 0 Å². The van der Waals surface area contributed by atoms with E-state index in [0.717, 1.165) is 29.5 Å². The predicted molar refractivity (Wildman–Crippen MR) is 74.2 cm³/mol. The van der Waals surface area contributed by atoms with E-state index in [1.54, 1.807) is 0 Å². The van der Waals surface area contributed by atoms with Crippen molar-refractivity contribution < 1.29 is 19.1 Å². The lowest BCUT2D eigenvalue weighted by molar-refractivity contribution is 0.0696. The number of carbonyl (C=O) groups excluding carboxylic acids is 1. The first-order valence-corrected chi connectivity index (χ1v) is 6.24. The summed E-state index contributed by atoms with van der Waals surface area (Å²) < 4.78 is 4.98. The SMILES string of the molecule is CCc1cccc(C)c1NC(=O)c1cc(C(=O)O)co1. The van der Waals surface area contributed by atoms with Gasteiger partial charge in [0.2, 0.25) is 0 Å². The molecule has 0 saturated heterocycles. The van der Waals surface area contributed by atoms with Crippen LogP contribution in [0.15, 0.2) is 34.9 Å². The highest BCUT2D eigenvalue weighted by atomic mass is 16.4. The molecule has 0 saturated carbocycles. The summed E-state index contributed by atoms with van der Waals surface area (Å²) in [6.45, 7) is 3.90. The molecule has 20 heavy (non-hydrogen) atoms. The number of carbonyl (C=O) groups is 2. The number of furan rings is 1. The summed E-state index contributed by atoms with van der Waals surface area (Å²) in [4.78, 5) is 22.8.